The minimum Gasteiger partial charge on any atom is -0.491 e. The predicted molar refractivity (Wildman–Crippen MR) is 92.3 cm³/mol. The zero-order valence-electron chi connectivity index (χ0n) is 13.8. The fraction of sp³-hybridized carbons (Fsp3) is 0.263. The van der Waals surface area contributed by atoms with Crippen molar-refractivity contribution in [1.82, 2.24) is 0 Å². The Hall–Kier alpha value is -2.82. The number of carbonyl (C=O) groups is 2. The average molecular weight is 327 g/mol. The summed E-state index contributed by atoms with van der Waals surface area (Å²) in [6.07, 6.45) is 0.154. The number of aliphatic carboxylic acids is 1. The van der Waals surface area contributed by atoms with Gasteiger partial charge in [0.1, 0.15) is 12.3 Å². The van der Waals surface area contributed by atoms with Crippen LogP contribution in [0.5, 0.6) is 5.75 Å². The van der Waals surface area contributed by atoms with Gasteiger partial charge in [-0.1, -0.05) is 30.3 Å². The lowest BCUT2D eigenvalue weighted by Gasteiger charge is -2.21. The van der Waals surface area contributed by atoms with Crippen LogP contribution in [-0.4, -0.2) is 29.6 Å². The van der Waals surface area contributed by atoms with Gasteiger partial charge in [0.05, 0.1) is 12.5 Å². The van der Waals surface area contributed by atoms with Gasteiger partial charge in [-0.3, -0.25) is 9.59 Å². The summed E-state index contributed by atoms with van der Waals surface area (Å²) in [5.41, 5.74) is 1.35. The quantitative estimate of drug-likeness (QED) is 0.848. The van der Waals surface area contributed by atoms with Crippen LogP contribution in [0.25, 0.3) is 0 Å². The largest absolute Gasteiger partial charge is 0.491 e. The Morgan fingerprint density at radius 3 is 2.42 bits per heavy atom. The molecule has 0 heterocycles. The van der Waals surface area contributed by atoms with Crippen molar-refractivity contribution in [3.05, 3.63) is 60.2 Å². The van der Waals surface area contributed by atoms with Crippen molar-refractivity contribution in [2.24, 2.45) is 0 Å². The van der Waals surface area contributed by atoms with E-state index in [4.69, 9.17) is 9.84 Å². The molecule has 2 rings (SSSR count). The average Bonchev–Trinajstić information content (AvgIpc) is 2.53. The van der Waals surface area contributed by atoms with E-state index in [1.807, 2.05) is 44.2 Å². The molecule has 24 heavy (non-hydrogen) atoms. The van der Waals surface area contributed by atoms with Crippen LogP contribution in [-0.2, 0) is 16.0 Å². The number of anilines is 1. The van der Waals surface area contributed by atoms with E-state index in [2.05, 4.69) is 0 Å². The molecule has 0 fully saturated rings. The Labute approximate surface area is 141 Å². The molecule has 2 aromatic carbocycles. The summed E-state index contributed by atoms with van der Waals surface area (Å²) in [6.45, 7) is 3.49. The second kappa shape index (κ2) is 8.15. The van der Waals surface area contributed by atoms with Crippen LogP contribution in [0.15, 0.2) is 54.6 Å². The van der Waals surface area contributed by atoms with E-state index < -0.39 is 5.97 Å². The maximum atomic E-state index is 12.6. The predicted octanol–water partition coefficient (Wildman–Crippen LogP) is 3.13. The number of hydrogen-bond donors (Lipinski definition) is 1. The van der Waals surface area contributed by atoms with Gasteiger partial charge in [0.25, 0.3) is 0 Å². The van der Waals surface area contributed by atoms with Crippen molar-refractivity contribution in [2.45, 2.75) is 26.4 Å². The molecule has 0 aromatic heterocycles. The molecule has 0 aliphatic carbocycles. The number of carbonyl (C=O) groups excluding carboxylic acids is 1. The molecule has 0 atom stereocenters. The van der Waals surface area contributed by atoms with Crippen LogP contribution in [0.4, 0.5) is 5.69 Å². The van der Waals surface area contributed by atoms with Gasteiger partial charge < -0.3 is 14.7 Å². The number of para-hydroxylation sites is 1. The monoisotopic (exact) mass is 327 g/mol. The standard InChI is InChI=1S/C19H21NO4/c1-14(2)24-17-10-6-7-15(11-17)12-18(21)20(13-19(22)23)16-8-4-3-5-9-16/h3-11,14H,12-13H2,1-2H3,(H,22,23). The van der Waals surface area contributed by atoms with Gasteiger partial charge in [-0.2, -0.15) is 0 Å². The third kappa shape index (κ3) is 5.12. The summed E-state index contributed by atoms with van der Waals surface area (Å²) in [5.74, 6) is -0.630. The van der Waals surface area contributed by atoms with Crippen molar-refractivity contribution in [2.75, 3.05) is 11.4 Å². The van der Waals surface area contributed by atoms with Gasteiger partial charge in [-0.25, -0.2) is 0 Å². The van der Waals surface area contributed by atoms with Gasteiger partial charge in [0, 0.05) is 5.69 Å². The zero-order valence-corrected chi connectivity index (χ0v) is 13.8. The highest BCUT2D eigenvalue weighted by molar-refractivity contribution is 5.98. The number of nitrogens with zero attached hydrogens (tertiary/aromatic N) is 1. The van der Waals surface area contributed by atoms with Crippen LogP contribution in [0.1, 0.15) is 19.4 Å². The third-order valence-electron chi connectivity index (χ3n) is 3.29. The smallest absolute Gasteiger partial charge is 0.323 e. The molecule has 0 spiro atoms. The van der Waals surface area contributed by atoms with Gasteiger partial charge in [0.15, 0.2) is 0 Å². The maximum absolute atomic E-state index is 12.6. The van der Waals surface area contributed by atoms with E-state index >= 15 is 0 Å². The lowest BCUT2D eigenvalue weighted by atomic mass is 10.1. The third-order valence-corrected chi connectivity index (χ3v) is 3.29. The van der Waals surface area contributed by atoms with E-state index in [-0.39, 0.29) is 25.0 Å². The Morgan fingerprint density at radius 2 is 1.79 bits per heavy atom. The molecule has 1 amide bonds. The van der Waals surface area contributed by atoms with Crippen molar-refractivity contribution >= 4 is 17.6 Å². The molecular formula is C19H21NO4. The normalized spacial score (nSPS) is 10.5. The van der Waals surface area contributed by atoms with Crippen molar-refractivity contribution in [3.63, 3.8) is 0 Å². The Bertz CT molecular complexity index is 698. The molecule has 0 aliphatic rings. The van der Waals surface area contributed by atoms with Gasteiger partial charge in [0.2, 0.25) is 5.91 Å². The fourth-order valence-electron chi connectivity index (χ4n) is 2.34. The van der Waals surface area contributed by atoms with Gasteiger partial charge in [-0.05, 0) is 43.7 Å². The first-order chi connectivity index (χ1) is 11.5. The van der Waals surface area contributed by atoms with E-state index in [9.17, 15) is 9.59 Å². The van der Waals surface area contributed by atoms with E-state index in [0.717, 1.165) is 5.56 Å². The molecule has 5 heteroatoms. The van der Waals surface area contributed by atoms with Crippen molar-refractivity contribution in [3.8, 4) is 5.75 Å². The minimum atomic E-state index is -1.05. The molecule has 0 saturated heterocycles. The maximum Gasteiger partial charge on any atom is 0.323 e. The summed E-state index contributed by atoms with van der Waals surface area (Å²) in [5, 5.41) is 9.09. The molecular weight excluding hydrogens is 306 g/mol. The lowest BCUT2D eigenvalue weighted by molar-refractivity contribution is -0.136. The summed E-state index contributed by atoms with van der Waals surface area (Å²) < 4.78 is 5.63. The van der Waals surface area contributed by atoms with E-state index in [1.54, 1.807) is 24.3 Å². The fourth-order valence-corrected chi connectivity index (χ4v) is 2.34. The van der Waals surface area contributed by atoms with Crippen molar-refractivity contribution in [1.29, 1.82) is 0 Å². The number of benzene rings is 2. The lowest BCUT2D eigenvalue weighted by Crippen LogP contribution is -2.36. The number of carboxylic acids is 1. The second-order valence-corrected chi connectivity index (χ2v) is 5.70. The molecule has 126 valence electrons. The highest BCUT2D eigenvalue weighted by Crippen LogP contribution is 2.18. The van der Waals surface area contributed by atoms with Crippen LogP contribution in [0.2, 0.25) is 0 Å². The molecule has 0 aliphatic heterocycles. The number of carboxylic acid groups (broad SMARTS) is 1. The second-order valence-electron chi connectivity index (χ2n) is 5.70. The zero-order chi connectivity index (χ0) is 17.5. The highest BCUT2D eigenvalue weighted by atomic mass is 16.5. The molecule has 5 nitrogen and oxygen atoms in total. The Kier molecular flexibility index (Phi) is 5.95. The van der Waals surface area contributed by atoms with Gasteiger partial charge in [-0.15, -0.1) is 0 Å². The summed E-state index contributed by atoms with van der Waals surface area (Å²) in [4.78, 5) is 25.0. The SMILES string of the molecule is CC(C)Oc1cccc(CC(=O)N(CC(=O)O)c2ccccc2)c1. The first kappa shape index (κ1) is 17.5. The number of amides is 1. The minimum absolute atomic E-state index is 0.0452. The number of ether oxygens (including phenoxy) is 1. The molecule has 0 saturated carbocycles. The number of rotatable bonds is 7. The van der Waals surface area contributed by atoms with Crippen LogP contribution < -0.4 is 9.64 Å². The van der Waals surface area contributed by atoms with Crippen LogP contribution >= 0.6 is 0 Å². The Morgan fingerprint density at radius 1 is 1.08 bits per heavy atom. The van der Waals surface area contributed by atoms with Crippen LogP contribution in [0.3, 0.4) is 0 Å². The first-order valence-corrected chi connectivity index (χ1v) is 7.78. The highest BCUT2D eigenvalue weighted by Gasteiger charge is 2.19. The van der Waals surface area contributed by atoms with E-state index in [1.165, 1.54) is 4.90 Å². The summed E-state index contributed by atoms with van der Waals surface area (Å²) in [6, 6.07) is 16.1. The molecule has 1 N–H and O–H groups in total. The number of hydrogen-bond acceptors (Lipinski definition) is 3. The molecule has 0 radical (unpaired) electrons. The molecule has 0 bridgehead atoms. The van der Waals surface area contributed by atoms with E-state index in [0.29, 0.717) is 11.4 Å². The first-order valence-electron chi connectivity index (χ1n) is 7.78. The van der Waals surface area contributed by atoms with Crippen molar-refractivity contribution < 1.29 is 19.4 Å². The molecule has 2 aromatic rings. The van der Waals surface area contributed by atoms with Gasteiger partial charge >= 0.3 is 5.97 Å². The summed E-state index contributed by atoms with van der Waals surface area (Å²) >= 11 is 0. The summed E-state index contributed by atoms with van der Waals surface area (Å²) in [7, 11) is 0. The molecule has 0 unspecified atom stereocenters. The topological polar surface area (TPSA) is 66.8 Å². The van der Waals surface area contributed by atoms with Crippen LogP contribution in [0, 0.1) is 0 Å². The Balaban J connectivity index is 2.17.